The maximum Gasteiger partial charge on any atom is 0.193 e. The molecule has 0 spiro atoms. The Labute approximate surface area is 162 Å². The minimum atomic E-state index is 0.608. The highest BCUT2D eigenvalue weighted by Gasteiger charge is 2.23. The van der Waals surface area contributed by atoms with E-state index in [1.165, 1.54) is 17.8 Å². The van der Waals surface area contributed by atoms with Gasteiger partial charge in [0.2, 0.25) is 0 Å². The molecule has 27 heavy (non-hydrogen) atoms. The highest BCUT2D eigenvalue weighted by Crippen LogP contribution is 2.26. The minimum Gasteiger partial charge on any atom is -0.497 e. The van der Waals surface area contributed by atoms with Gasteiger partial charge in [-0.2, -0.15) is 0 Å². The van der Waals surface area contributed by atoms with Crippen LogP contribution in [-0.4, -0.2) is 56.3 Å². The van der Waals surface area contributed by atoms with Crippen LogP contribution in [0.3, 0.4) is 0 Å². The molecule has 0 bridgehead atoms. The second-order valence-corrected chi connectivity index (χ2v) is 7.20. The molecule has 1 unspecified atom stereocenters. The van der Waals surface area contributed by atoms with Crippen LogP contribution < -0.4 is 15.0 Å². The summed E-state index contributed by atoms with van der Waals surface area (Å²) in [7, 11) is 7.72. The van der Waals surface area contributed by atoms with Crippen LogP contribution in [0, 0.1) is 5.92 Å². The first-order chi connectivity index (χ1) is 13.1. The lowest BCUT2D eigenvalue weighted by atomic mass is 10.1. The number of nitrogens with one attached hydrogen (secondary N) is 1. The monoisotopic (exact) mass is 369 g/mol. The van der Waals surface area contributed by atoms with Crippen molar-refractivity contribution in [2.45, 2.75) is 13.0 Å². The van der Waals surface area contributed by atoms with Crippen LogP contribution >= 0.6 is 0 Å². The van der Waals surface area contributed by atoms with Crippen LogP contribution in [0.15, 0.2) is 47.6 Å². The molecule has 1 atom stereocenters. The van der Waals surface area contributed by atoms with Gasteiger partial charge in [-0.25, -0.2) is 0 Å². The number of guanidine groups is 1. The summed E-state index contributed by atoms with van der Waals surface area (Å²) in [6, 6.07) is 12.5. The molecule has 6 heteroatoms. The Bertz CT molecular complexity index is 769. The summed E-state index contributed by atoms with van der Waals surface area (Å²) in [5, 5.41) is 3.55. The Morgan fingerprint density at radius 2 is 2.19 bits per heavy atom. The highest BCUT2D eigenvalue weighted by atomic mass is 16.5. The van der Waals surface area contributed by atoms with Gasteiger partial charge >= 0.3 is 0 Å². The van der Waals surface area contributed by atoms with E-state index in [0.717, 1.165) is 37.9 Å². The van der Waals surface area contributed by atoms with Crippen LogP contribution in [0.4, 0.5) is 5.69 Å². The fourth-order valence-corrected chi connectivity index (χ4v) is 3.64. The van der Waals surface area contributed by atoms with Crippen molar-refractivity contribution in [1.29, 1.82) is 0 Å². The van der Waals surface area contributed by atoms with Crippen LogP contribution in [0.1, 0.15) is 12.1 Å². The fourth-order valence-electron chi connectivity index (χ4n) is 3.64. The minimum absolute atomic E-state index is 0.608. The number of hydrogen-bond donors (Lipinski definition) is 1. The summed E-state index contributed by atoms with van der Waals surface area (Å²) in [4.78, 5) is 9.06. The predicted molar refractivity (Wildman–Crippen MR) is 112 cm³/mol. The van der Waals surface area contributed by atoms with Gasteiger partial charge in [-0.3, -0.25) is 4.99 Å². The number of benzene rings is 1. The quantitative estimate of drug-likeness (QED) is 0.628. The van der Waals surface area contributed by atoms with Gasteiger partial charge in [0.1, 0.15) is 5.75 Å². The molecular formula is C21H31N5O. The zero-order valence-electron chi connectivity index (χ0n) is 16.9. The molecule has 0 radical (unpaired) electrons. The first-order valence-electron chi connectivity index (χ1n) is 9.51. The maximum absolute atomic E-state index is 5.35. The lowest BCUT2D eigenvalue weighted by molar-refractivity contribution is 0.415. The molecule has 0 saturated carbocycles. The molecule has 3 rings (SSSR count). The molecule has 2 aromatic rings. The third kappa shape index (κ3) is 4.76. The average molecular weight is 370 g/mol. The smallest absolute Gasteiger partial charge is 0.193 e. The number of aryl methyl sites for hydroxylation is 1. The van der Waals surface area contributed by atoms with Crippen molar-refractivity contribution in [3.05, 3.63) is 48.3 Å². The number of hydrogen-bond acceptors (Lipinski definition) is 3. The molecule has 0 amide bonds. The van der Waals surface area contributed by atoms with E-state index in [0.29, 0.717) is 5.92 Å². The third-order valence-corrected chi connectivity index (χ3v) is 5.28. The van der Waals surface area contributed by atoms with E-state index in [2.05, 4.69) is 75.3 Å². The SMILES string of the molecule is CN=C(NCC1CCN(c2cccc(OC)c2)C1)N(C)Cc1cccn1C. The van der Waals surface area contributed by atoms with Crippen LogP contribution in [-0.2, 0) is 13.6 Å². The Hall–Kier alpha value is -2.63. The van der Waals surface area contributed by atoms with E-state index in [4.69, 9.17) is 4.74 Å². The fraction of sp³-hybridized carbons (Fsp3) is 0.476. The standard InChI is InChI=1S/C21H31N5O/c1-22-21(25(3)16-19-8-6-11-24(19)2)23-14-17-10-12-26(15-17)18-7-5-9-20(13-18)27-4/h5-9,11,13,17H,10,12,14-16H2,1-4H3,(H,22,23). The second-order valence-electron chi connectivity index (χ2n) is 7.20. The summed E-state index contributed by atoms with van der Waals surface area (Å²) in [6.45, 7) is 3.91. The molecule has 0 aliphatic carbocycles. The zero-order valence-corrected chi connectivity index (χ0v) is 16.9. The van der Waals surface area contributed by atoms with Crippen molar-refractivity contribution in [1.82, 2.24) is 14.8 Å². The van der Waals surface area contributed by atoms with Gasteiger partial charge in [0.25, 0.3) is 0 Å². The molecule has 146 valence electrons. The summed E-state index contributed by atoms with van der Waals surface area (Å²) >= 11 is 0. The average Bonchev–Trinajstić information content (AvgIpc) is 3.32. The topological polar surface area (TPSA) is 45.0 Å². The van der Waals surface area contributed by atoms with Gasteiger partial charge in [-0.05, 0) is 36.6 Å². The Morgan fingerprint density at radius 3 is 2.89 bits per heavy atom. The molecule has 1 aromatic carbocycles. The van der Waals surface area contributed by atoms with Gasteiger partial charge in [0.15, 0.2) is 5.96 Å². The maximum atomic E-state index is 5.35. The van der Waals surface area contributed by atoms with E-state index in [-0.39, 0.29) is 0 Å². The summed E-state index contributed by atoms with van der Waals surface area (Å²) in [5.41, 5.74) is 2.51. The molecule has 1 aromatic heterocycles. The van der Waals surface area contributed by atoms with E-state index >= 15 is 0 Å². The first kappa shape index (κ1) is 19.1. The van der Waals surface area contributed by atoms with Crippen LogP contribution in [0.25, 0.3) is 0 Å². The number of aliphatic imine (C=N–C) groups is 1. The van der Waals surface area contributed by atoms with Crippen LogP contribution in [0.2, 0.25) is 0 Å². The van der Waals surface area contributed by atoms with Crippen molar-refractivity contribution >= 4 is 11.6 Å². The Morgan fingerprint density at radius 1 is 1.33 bits per heavy atom. The highest BCUT2D eigenvalue weighted by molar-refractivity contribution is 5.79. The number of aromatic nitrogens is 1. The van der Waals surface area contributed by atoms with Crippen molar-refractivity contribution in [2.24, 2.45) is 18.0 Å². The van der Waals surface area contributed by atoms with E-state index in [9.17, 15) is 0 Å². The molecule has 6 nitrogen and oxygen atoms in total. The molecule has 1 aliphatic rings. The van der Waals surface area contributed by atoms with Crippen molar-refractivity contribution < 1.29 is 4.74 Å². The summed E-state index contributed by atoms with van der Waals surface area (Å²) in [6.07, 6.45) is 3.26. The predicted octanol–water partition coefficient (Wildman–Crippen LogP) is 2.57. The molecule has 1 fully saturated rings. The Kier molecular flexibility index (Phi) is 6.27. The van der Waals surface area contributed by atoms with Crippen molar-refractivity contribution in [2.75, 3.05) is 45.7 Å². The van der Waals surface area contributed by atoms with E-state index in [1.807, 2.05) is 13.1 Å². The van der Waals surface area contributed by atoms with Crippen molar-refractivity contribution in [3.63, 3.8) is 0 Å². The van der Waals surface area contributed by atoms with Crippen LogP contribution in [0.5, 0.6) is 5.75 Å². The largest absolute Gasteiger partial charge is 0.497 e. The lowest BCUT2D eigenvalue weighted by Gasteiger charge is -2.24. The van der Waals surface area contributed by atoms with E-state index in [1.54, 1.807) is 7.11 Å². The van der Waals surface area contributed by atoms with Gasteiger partial charge in [-0.15, -0.1) is 0 Å². The molecular weight excluding hydrogens is 338 g/mol. The normalized spacial score (nSPS) is 17.3. The van der Waals surface area contributed by atoms with Gasteiger partial charge in [0, 0.05) is 64.4 Å². The van der Waals surface area contributed by atoms with E-state index < -0.39 is 0 Å². The van der Waals surface area contributed by atoms with Gasteiger partial charge in [-0.1, -0.05) is 6.07 Å². The Balaban J connectivity index is 1.51. The van der Waals surface area contributed by atoms with Gasteiger partial charge in [0.05, 0.1) is 13.7 Å². The zero-order chi connectivity index (χ0) is 19.2. The number of nitrogens with zero attached hydrogens (tertiary/aromatic N) is 4. The summed E-state index contributed by atoms with van der Waals surface area (Å²) in [5.74, 6) is 2.46. The number of methoxy groups -OCH3 is 1. The van der Waals surface area contributed by atoms with Gasteiger partial charge < -0.3 is 24.4 Å². The summed E-state index contributed by atoms with van der Waals surface area (Å²) < 4.78 is 7.50. The number of ether oxygens (including phenoxy) is 1. The van der Waals surface area contributed by atoms with Crippen molar-refractivity contribution in [3.8, 4) is 5.75 Å². The molecule has 1 aliphatic heterocycles. The molecule has 2 heterocycles. The molecule has 1 N–H and O–H groups in total. The number of rotatable bonds is 6. The number of anilines is 1. The first-order valence-corrected chi connectivity index (χ1v) is 9.51. The molecule has 1 saturated heterocycles. The lowest BCUT2D eigenvalue weighted by Crippen LogP contribution is -2.41. The second kappa shape index (κ2) is 8.84. The third-order valence-electron chi connectivity index (χ3n) is 5.28.